The Morgan fingerprint density at radius 2 is 1.96 bits per heavy atom. The summed E-state index contributed by atoms with van der Waals surface area (Å²) in [7, 11) is 5.31. The van der Waals surface area contributed by atoms with Gasteiger partial charge in [-0.3, -0.25) is 14.7 Å². The lowest BCUT2D eigenvalue weighted by atomic mass is 10.1. The number of rotatable bonds is 7. The van der Waals surface area contributed by atoms with Gasteiger partial charge in [0.2, 0.25) is 0 Å². The van der Waals surface area contributed by atoms with Gasteiger partial charge in [0.25, 0.3) is 5.91 Å². The highest BCUT2D eigenvalue weighted by Crippen LogP contribution is 2.07. The fraction of sp³-hybridized carbons (Fsp3) is 0.579. The van der Waals surface area contributed by atoms with Crippen LogP contribution < -0.4 is 10.6 Å². The van der Waals surface area contributed by atoms with E-state index >= 15 is 0 Å². The summed E-state index contributed by atoms with van der Waals surface area (Å²) >= 11 is 0. The van der Waals surface area contributed by atoms with E-state index in [4.69, 9.17) is 4.74 Å². The zero-order valence-corrected chi connectivity index (χ0v) is 16.1. The Hall–Kier alpha value is -2.12. The number of benzene rings is 1. The standard InChI is InChI=1S/C19H31N5O2/c1-20-19(22-9-10-24-11-13-26-14-12-24)21-8-7-16-5-4-6-17(15-16)18(25)23(2)3/h4-6,15H,7-14H2,1-3H3,(H2,20,21,22). The minimum absolute atomic E-state index is 0.0281. The van der Waals surface area contributed by atoms with Gasteiger partial charge in [-0.1, -0.05) is 12.1 Å². The number of morpholine rings is 1. The van der Waals surface area contributed by atoms with E-state index < -0.39 is 0 Å². The maximum absolute atomic E-state index is 12.0. The molecule has 2 N–H and O–H groups in total. The molecule has 7 heteroatoms. The normalized spacial score (nSPS) is 15.6. The molecule has 1 heterocycles. The second kappa shape index (κ2) is 10.8. The summed E-state index contributed by atoms with van der Waals surface area (Å²) in [6, 6.07) is 7.79. The number of hydrogen-bond acceptors (Lipinski definition) is 4. The van der Waals surface area contributed by atoms with E-state index in [2.05, 4.69) is 20.5 Å². The first kappa shape index (κ1) is 20.2. The predicted octanol–water partition coefficient (Wildman–Crippen LogP) is 0.428. The molecule has 0 radical (unpaired) electrons. The van der Waals surface area contributed by atoms with Gasteiger partial charge in [-0.25, -0.2) is 0 Å². The molecule has 0 aromatic heterocycles. The lowest BCUT2D eigenvalue weighted by molar-refractivity contribution is 0.0389. The molecule has 1 fully saturated rings. The number of nitrogens with zero attached hydrogens (tertiary/aromatic N) is 3. The Kier molecular flexibility index (Phi) is 8.37. The molecule has 1 saturated heterocycles. The van der Waals surface area contributed by atoms with Crippen molar-refractivity contribution in [1.29, 1.82) is 0 Å². The van der Waals surface area contributed by atoms with E-state index in [1.165, 1.54) is 0 Å². The van der Waals surface area contributed by atoms with Gasteiger partial charge in [0, 0.05) is 59.4 Å². The summed E-state index contributed by atoms with van der Waals surface area (Å²) in [5, 5.41) is 6.67. The predicted molar refractivity (Wildman–Crippen MR) is 105 cm³/mol. The zero-order chi connectivity index (χ0) is 18.8. The van der Waals surface area contributed by atoms with Crippen molar-refractivity contribution in [3.05, 3.63) is 35.4 Å². The summed E-state index contributed by atoms with van der Waals surface area (Å²) in [4.78, 5) is 20.3. The van der Waals surface area contributed by atoms with E-state index in [0.717, 1.165) is 69.4 Å². The van der Waals surface area contributed by atoms with Crippen LogP contribution in [0.2, 0.25) is 0 Å². The number of carbonyl (C=O) groups is 1. The fourth-order valence-electron chi connectivity index (χ4n) is 2.82. The van der Waals surface area contributed by atoms with Gasteiger partial charge in [0.15, 0.2) is 5.96 Å². The molecule has 1 aliphatic heterocycles. The molecule has 2 rings (SSSR count). The third kappa shape index (κ3) is 6.65. The van der Waals surface area contributed by atoms with Crippen molar-refractivity contribution in [2.24, 2.45) is 4.99 Å². The first-order chi connectivity index (χ1) is 12.6. The highest BCUT2D eigenvalue weighted by Gasteiger charge is 2.10. The van der Waals surface area contributed by atoms with Gasteiger partial charge < -0.3 is 20.3 Å². The summed E-state index contributed by atoms with van der Waals surface area (Å²) in [6.07, 6.45) is 0.832. The topological polar surface area (TPSA) is 69.2 Å². The maximum atomic E-state index is 12.0. The van der Waals surface area contributed by atoms with Crippen LogP contribution in [0.25, 0.3) is 0 Å². The van der Waals surface area contributed by atoms with E-state index in [0.29, 0.717) is 0 Å². The van der Waals surface area contributed by atoms with Crippen molar-refractivity contribution in [3.8, 4) is 0 Å². The number of hydrogen-bond donors (Lipinski definition) is 2. The molecule has 0 unspecified atom stereocenters. The Morgan fingerprint density at radius 1 is 1.23 bits per heavy atom. The third-order valence-electron chi connectivity index (χ3n) is 4.33. The number of nitrogens with one attached hydrogen (secondary N) is 2. The molecule has 26 heavy (non-hydrogen) atoms. The van der Waals surface area contributed by atoms with Crippen LogP contribution >= 0.6 is 0 Å². The Labute approximate surface area is 156 Å². The van der Waals surface area contributed by atoms with Crippen molar-refractivity contribution in [2.45, 2.75) is 6.42 Å². The summed E-state index contributed by atoms with van der Waals surface area (Å²) < 4.78 is 5.36. The molecule has 7 nitrogen and oxygen atoms in total. The van der Waals surface area contributed by atoms with E-state index in [-0.39, 0.29) is 5.91 Å². The molecule has 0 aliphatic carbocycles. The van der Waals surface area contributed by atoms with Gasteiger partial charge in [-0.05, 0) is 24.1 Å². The van der Waals surface area contributed by atoms with Crippen LogP contribution in [-0.2, 0) is 11.2 Å². The molecule has 1 aliphatic rings. The lowest BCUT2D eigenvalue weighted by Gasteiger charge is -2.26. The molecular formula is C19H31N5O2. The molecule has 144 valence electrons. The van der Waals surface area contributed by atoms with Crippen LogP contribution in [-0.4, -0.2) is 88.7 Å². The second-order valence-electron chi connectivity index (χ2n) is 6.53. The SMILES string of the molecule is CN=C(NCCc1cccc(C(=O)N(C)C)c1)NCCN1CCOCC1. The Morgan fingerprint density at radius 3 is 2.65 bits per heavy atom. The smallest absolute Gasteiger partial charge is 0.253 e. The molecule has 0 bridgehead atoms. The van der Waals surface area contributed by atoms with Crippen LogP contribution in [0, 0.1) is 0 Å². The number of carbonyl (C=O) groups excluding carboxylic acids is 1. The van der Waals surface area contributed by atoms with Crippen molar-refractivity contribution in [1.82, 2.24) is 20.4 Å². The van der Waals surface area contributed by atoms with Crippen molar-refractivity contribution >= 4 is 11.9 Å². The molecule has 1 aromatic carbocycles. The molecule has 0 saturated carbocycles. The van der Waals surface area contributed by atoms with Crippen LogP contribution in [0.5, 0.6) is 0 Å². The summed E-state index contributed by atoms with van der Waals surface area (Å²) in [5.74, 6) is 0.833. The first-order valence-electron chi connectivity index (χ1n) is 9.15. The van der Waals surface area contributed by atoms with Crippen LogP contribution in [0.15, 0.2) is 29.3 Å². The number of aliphatic imine (C=N–C) groups is 1. The van der Waals surface area contributed by atoms with Gasteiger partial charge in [0.1, 0.15) is 0 Å². The number of amides is 1. The quantitative estimate of drug-likeness (QED) is 0.544. The lowest BCUT2D eigenvalue weighted by Crippen LogP contribution is -2.44. The monoisotopic (exact) mass is 361 g/mol. The van der Waals surface area contributed by atoms with Crippen molar-refractivity contribution in [3.63, 3.8) is 0 Å². The molecule has 1 aromatic rings. The first-order valence-corrected chi connectivity index (χ1v) is 9.15. The fourth-order valence-corrected chi connectivity index (χ4v) is 2.82. The van der Waals surface area contributed by atoms with Crippen LogP contribution in [0.4, 0.5) is 0 Å². The molecule has 1 amide bonds. The van der Waals surface area contributed by atoms with Gasteiger partial charge in [-0.15, -0.1) is 0 Å². The van der Waals surface area contributed by atoms with E-state index in [1.807, 2.05) is 24.3 Å². The highest BCUT2D eigenvalue weighted by molar-refractivity contribution is 5.94. The molecule has 0 atom stereocenters. The zero-order valence-electron chi connectivity index (χ0n) is 16.1. The van der Waals surface area contributed by atoms with Gasteiger partial charge in [0.05, 0.1) is 13.2 Å². The van der Waals surface area contributed by atoms with E-state index in [1.54, 1.807) is 26.0 Å². The van der Waals surface area contributed by atoms with Crippen LogP contribution in [0.3, 0.4) is 0 Å². The minimum atomic E-state index is 0.0281. The summed E-state index contributed by atoms with van der Waals surface area (Å²) in [6.45, 7) is 6.23. The summed E-state index contributed by atoms with van der Waals surface area (Å²) in [5.41, 5.74) is 1.86. The minimum Gasteiger partial charge on any atom is -0.379 e. The molecular weight excluding hydrogens is 330 g/mol. The number of guanidine groups is 1. The third-order valence-corrected chi connectivity index (χ3v) is 4.33. The maximum Gasteiger partial charge on any atom is 0.253 e. The average Bonchev–Trinajstić information content (AvgIpc) is 2.67. The number of ether oxygens (including phenoxy) is 1. The Bertz CT molecular complexity index is 597. The highest BCUT2D eigenvalue weighted by atomic mass is 16.5. The average molecular weight is 361 g/mol. The second-order valence-corrected chi connectivity index (χ2v) is 6.53. The molecule has 0 spiro atoms. The van der Waals surface area contributed by atoms with Crippen LogP contribution in [0.1, 0.15) is 15.9 Å². The van der Waals surface area contributed by atoms with Gasteiger partial charge in [-0.2, -0.15) is 0 Å². The Balaban J connectivity index is 1.71. The van der Waals surface area contributed by atoms with E-state index in [9.17, 15) is 4.79 Å². The largest absolute Gasteiger partial charge is 0.379 e. The van der Waals surface area contributed by atoms with Gasteiger partial charge >= 0.3 is 0 Å². The van der Waals surface area contributed by atoms with Crippen molar-refractivity contribution in [2.75, 3.05) is 67.1 Å². The van der Waals surface area contributed by atoms with Crippen molar-refractivity contribution < 1.29 is 9.53 Å².